The van der Waals surface area contributed by atoms with Crippen LogP contribution in [0, 0.1) is 23.6 Å². The number of hydrogen-bond donors (Lipinski definition) is 5. The van der Waals surface area contributed by atoms with E-state index in [0.29, 0.717) is 23.0 Å². The topological polar surface area (TPSA) is 175 Å². The summed E-state index contributed by atoms with van der Waals surface area (Å²) in [6.07, 6.45) is -1.20. The third-order valence-electron chi connectivity index (χ3n) is 7.70. The molecular formula is C26H22FNO8. The summed E-state index contributed by atoms with van der Waals surface area (Å²) in [5.41, 5.74) is 3.42. The number of rotatable bonds is 3. The summed E-state index contributed by atoms with van der Waals surface area (Å²) < 4.78 is 13.9. The molecule has 3 aliphatic carbocycles. The van der Waals surface area contributed by atoms with E-state index in [-0.39, 0.29) is 41.7 Å². The van der Waals surface area contributed by atoms with Gasteiger partial charge >= 0.3 is 0 Å². The van der Waals surface area contributed by atoms with Crippen LogP contribution in [0.15, 0.2) is 35.9 Å². The molecule has 0 radical (unpaired) electrons. The Labute approximate surface area is 203 Å². The van der Waals surface area contributed by atoms with Crippen molar-refractivity contribution in [2.24, 2.45) is 23.5 Å². The summed E-state index contributed by atoms with van der Waals surface area (Å²) in [5, 5.41) is 43.4. The zero-order chi connectivity index (χ0) is 26.1. The van der Waals surface area contributed by atoms with Crippen LogP contribution in [-0.4, -0.2) is 55.9 Å². The molecule has 2 aromatic rings. The molecule has 2 fully saturated rings. The van der Waals surface area contributed by atoms with E-state index in [4.69, 9.17) is 5.73 Å². The summed E-state index contributed by atoms with van der Waals surface area (Å²) >= 11 is 0. The Hall–Kier alpha value is -3.89. The number of primary amides is 1. The fourth-order valence-electron chi connectivity index (χ4n) is 6.00. The second kappa shape index (κ2) is 8.07. The minimum atomic E-state index is -2.65. The van der Waals surface area contributed by atoms with Gasteiger partial charge in [-0.2, -0.15) is 0 Å². The summed E-state index contributed by atoms with van der Waals surface area (Å²) in [7, 11) is 0. The van der Waals surface area contributed by atoms with E-state index in [1.54, 1.807) is 6.07 Å². The molecule has 0 aromatic heterocycles. The highest BCUT2D eigenvalue weighted by atomic mass is 19.1. The first-order valence-corrected chi connectivity index (χ1v) is 11.3. The zero-order valence-corrected chi connectivity index (χ0v) is 18.8. The van der Waals surface area contributed by atoms with Gasteiger partial charge in [-0.3, -0.25) is 19.2 Å². The van der Waals surface area contributed by atoms with E-state index in [1.807, 2.05) is 0 Å². The van der Waals surface area contributed by atoms with Crippen molar-refractivity contribution >= 4 is 29.5 Å². The number of Topliss-reactive ketones (excluding diaryl/α,β-unsaturated/α-hetero) is 2. The largest absolute Gasteiger partial charge is 0.507 e. The van der Waals surface area contributed by atoms with Gasteiger partial charge in [-0.15, -0.1) is 0 Å². The Balaban J connectivity index is 1.67. The number of fused-ring (bicyclic) bond motifs is 3. The number of carbonyl (C=O) groups is 4. The number of aromatic hydroxyl groups is 1. The molecule has 9 nitrogen and oxygen atoms in total. The SMILES string of the molecule is NC(=O)C1C(=O)[C@@]2(O)C(=O)C3=C(O)c4c(O)ccc(-c5ccc(F)c(C=O)c5)c4C[C@H]3C[C@H]2CC1O. The molecule has 10 heteroatoms. The molecule has 0 spiro atoms. The van der Waals surface area contributed by atoms with Crippen molar-refractivity contribution in [1.82, 2.24) is 0 Å². The van der Waals surface area contributed by atoms with Gasteiger partial charge in [-0.25, -0.2) is 4.39 Å². The van der Waals surface area contributed by atoms with Gasteiger partial charge in [0.2, 0.25) is 11.7 Å². The summed E-state index contributed by atoms with van der Waals surface area (Å²) in [6, 6.07) is 6.70. The van der Waals surface area contributed by atoms with Crippen LogP contribution in [0.4, 0.5) is 4.39 Å². The molecule has 0 heterocycles. The number of halogens is 1. The van der Waals surface area contributed by atoms with Crippen LogP contribution in [0.3, 0.4) is 0 Å². The molecule has 1 amide bonds. The number of nitrogens with two attached hydrogens (primary N) is 1. The van der Waals surface area contributed by atoms with Crippen molar-refractivity contribution in [1.29, 1.82) is 0 Å². The fraction of sp³-hybridized carbons (Fsp3) is 0.308. The van der Waals surface area contributed by atoms with Crippen LogP contribution >= 0.6 is 0 Å². The fourth-order valence-corrected chi connectivity index (χ4v) is 6.00. The monoisotopic (exact) mass is 495 g/mol. The van der Waals surface area contributed by atoms with Crippen LogP contribution in [0.25, 0.3) is 16.9 Å². The Bertz CT molecular complexity index is 1400. The van der Waals surface area contributed by atoms with E-state index in [1.165, 1.54) is 18.2 Å². The summed E-state index contributed by atoms with van der Waals surface area (Å²) in [6.45, 7) is 0. The van der Waals surface area contributed by atoms with Crippen LogP contribution < -0.4 is 5.73 Å². The lowest BCUT2D eigenvalue weighted by atomic mass is 9.56. The third kappa shape index (κ3) is 3.14. The lowest BCUT2D eigenvalue weighted by Gasteiger charge is -2.48. The van der Waals surface area contributed by atoms with E-state index in [0.717, 1.165) is 6.07 Å². The predicted molar refractivity (Wildman–Crippen MR) is 122 cm³/mol. The zero-order valence-electron chi connectivity index (χ0n) is 18.8. The maximum atomic E-state index is 13.9. The van der Waals surface area contributed by atoms with Gasteiger partial charge in [0.25, 0.3) is 0 Å². The first kappa shape index (κ1) is 23.8. The van der Waals surface area contributed by atoms with Crippen molar-refractivity contribution in [2.75, 3.05) is 0 Å². The van der Waals surface area contributed by atoms with Gasteiger partial charge in [0.15, 0.2) is 17.7 Å². The number of hydrogen-bond acceptors (Lipinski definition) is 8. The van der Waals surface area contributed by atoms with Crippen molar-refractivity contribution < 1.29 is 44.0 Å². The molecule has 0 saturated heterocycles. The van der Waals surface area contributed by atoms with Gasteiger partial charge in [0.05, 0.1) is 17.2 Å². The molecule has 2 aromatic carbocycles. The number of carbonyl (C=O) groups excluding carboxylic acids is 4. The molecule has 5 atom stereocenters. The van der Waals surface area contributed by atoms with Gasteiger partial charge in [0, 0.05) is 11.5 Å². The lowest BCUT2D eigenvalue weighted by molar-refractivity contribution is -0.174. The standard InChI is InChI=1S/C26H22FNO8/c27-16-3-1-10(5-12(16)9-29)14-2-4-17(30)20-15(14)7-11-6-13-8-18(31)21(25(28)35)24(34)26(13,36)23(33)19(11)22(20)32/h1-5,9,11,13,18,21,30-32,36H,6-8H2,(H2,28,35)/t11-,13+,18?,21?,26+/m1/s1. The van der Waals surface area contributed by atoms with Crippen LogP contribution in [0.5, 0.6) is 5.75 Å². The highest BCUT2D eigenvalue weighted by Gasteiger charge is 2.63. The van der Waals surface area contributed by atoms with Gasteiger partial charge in [-0.05, 0) is 60.1 Å². The van der Waals surface area contributed by atoms with Gasteiger partial charge < -0.3 is 26.2 Å². The maximum Gasteiger partial charge on any atom is 0.230 e. The van der Waals surface area contributed by atoms with E-state index in [9.17, 15) is 44.0 Å². The van der Waals surface area contributed by atoms with E-state index in [2.05, 4.69) is 0 Å². The molecule has 0 aliphatic heterocycles. The van der Waals surface area contributed by atoms with Crippen LogP contribution in [-0.2, 0) is 20.8 Å². The smallest absolute Gasteiger partial charge is 0.230 e. The highest BCUT2D eigenvalue weighted by Crippen LogP contribution is 2.52. The first-order valence-electron chi connectivity index (χ1n) is 11.3. The summed E-state index contributed by atoms with van der Waals surface area (Å²) in [4.78, 5) is 49.6. The molecule has 6 N–H and O–H groups in total. The maximum absolute atomic E-state index is 13.9. The van der Waals surface area contributed by atoms with Crippen molar-refractivity contribution in [2.45, 2.75) is 31.0 Å². The first-order chi connectivity index (χ1) is 17.0. The number of benzene rings is 2. The van der Waals surface area contributed by atoms with Gasteiger partial charge in [-0.1, -0.05) is 12.1 Å². The second-order valence-corrected chi connectivity index (χ2v) is 9.58. The van der Waals surface area contributed by atoms with Gasteiger partial charge in [0.1, 0.15) is 23.2 Å². The Morgan fingerprint density at radius 1 is 1.14 bits per heavy atom. The number of aliphatic hydroxyl groups excluding tert-OH is 2. The molecule has 36 heavy (non-hydrogen) atoms. The third-order valence-corrected chi connectivity index (χ3v) is 7.70. The quantitative estimate of drug-likeness (QED) is 0.312. The van der Waals surface area contributed by atoms with Crippen LogP contribution in [0.1, 0.15) is 34.3 Å². The predicted octanol–water partition coefficient (Wildman–Crippen LogP) is 1.21. The van der Waals surface area contributed by atoms with E-state index >= 15 is 0 Å². The number of aldehydes is 1. The average molecular weight is 495 g/mol. The van der Waals surface area contributed by atoms with Crippen molar-refractivity contribution in [3.8, 4) is 16.9 Å². The number of phenolic OH excluding ortho intramolecular Hbond substituents is 1. The molecule has 0 bridgehead atoms. The molecule has 3 aliphatic rings. The minimum absolute atomic E-state index is 0.0213. The molecule has 2 unspecified atom stereocenters. The Morgan fingerprint density at radius 2 is 1.86 bits per heavy atom. The average Bonchev–Trinajstić information content (AvgIpc) is 2.82. The number of ketones is 2. The van der Waals surface area contributed by atoms with Crippen molar-refractivity contribution in [3.05, 3.63) is 58.4 Å². The van der Waals surface area contributed by atoms with E-state index < -0.39 is 58.5 Å². The number of amides is 1. The van der Waals surface area contributed by atoms with Crippen LogP contribution in [0.2, 0.25) is 0 Å². The molecular weight excluding hydrogens is 473 g/mol. The normalized spacial score (nSPS) is 29.3. The lowest BCUT2D eigenvalue weighted by Crippen LogP contribution is -2.66. The molecule has 186 valence electrons. The highest BCUT2D eigenvalue weighted by molar-refractivity contribution is 6.24. The summed E-state index contributed by atoms with van der Waals surface area (Å²) in [5.74, 6) is -8.65. The molecule has 2 saturated carbocycles. The van der Waals surface area contributed by atoms with Crippen molar-refractivity contribution in [3.63, 3.8) is 0 Å². The Kier molecular flexibility index (Phi) is 5.34. The number of aliphatic hydroxyl groups is 3. The second-order valence-electron chi connectivity index (χ2n) is 9.58. The molecule has 5 rings (SSSR count). The minimum Gasteiger partial charge on any atom is -0.507 e. The Morgan fingerprint density at radius 3 is 2.53 bits per heavy atom. The number of phenols is 1.